The molecule has 0 bridgehead atoms. The number of carbonyl (C=O) groups is 2. The van der Waals surface area contributed by atoms with Crippen LogP contribution in [0.2, 0.25) is 0 Å². The summed E-state index contributed by atoms with van der Waals surface area (Å²) < 4.78 is 1.59. The van der Waals surface area contributed by atoms with E-state index in [-0.39, 0.29) is 22.7 Å². The van der Waals surface area contributed by atoms with Gasteiger partial charge in [0.1, 0.15) is 5.82 Å². The normalized spacial score (nSPS) is 18.5. The SMILES string of the molecule is O=C(O)c1cccn2c(C3CCNC3)nc(C(=O)O)c12. The Labute approximate surface area is 113 Å². The minimum Gasteiger partial charge on any atom is -0.478 e. The summed E-state index contributed by atoms with van der Waals surface area (Å²) in [6.07, 6.45) is 2.52. The highest BCUT2D eigenvalue weighted by molar-refractivity contribution is 6.03. The number of rotatable bonds is 3. The average molecular weight is 275 g/mol. The molecule has 0 spiro atoms. The van der Waals surface area contributed by atoms with E-state index in [0.29, 0.717) is 5.82 Å². The molecule has 104 valence electrons. The Bertz CT molecular complexity index is 701. The highest BCUT2D eigenvalue weighted by atomic mass is 16.4. The van der Waals surface area contributed by atoms with Crippen molar-refractivity contribution in [2.45, 2.75) is 12.3 Å². The zero-order chi connectivity index (χ0) is 14.3. The summed E-state index contributed by atoms with van der Waals surface area (Å²) in [6.45, 7) is 1.57. The molecule has 20 heavy (non-hydrogen) atoms. The van der Waals surface area contributed by atoms with Crippen molar-refractivity contribution < 1.29 is 19.8 Å². The van der Waals surface area contributed by atoms with Crippen molar-refractivity contribution >= 4 is 17.5 Å². The lowest BCUT2D eigenvalue weighted by molar-refractivity contribution is 0.0691. The number of fused-ring (bicyclic) bond motifs is 1. The van der Waals surface area contributed by atoms with Gasteiger partial charge in [-0.25, -0.2) is 14.6 Å². The summed E-state index contributed by atoms with van der Waals surface area (Å²) >= 11 is 0. The molecule has 2 aromatic heterocycles. The van der Waals surface area contributed by atoms with Crippen molar-refractivity contribution in [3.63, 3.8) is 0 Å². The Balaban J connectivity index is 2.30. The van der Waals surface area contributed by atoms with Crippen LogP contribution in [-0.4, -0.2) is 44.6 Å². The zero-order valence-corrected chi connectivity index (χ0v) is 10.5. The fraction of sp³-hybridized carbons (Fsp3) is 0.308. The maximum absolute atomic E-state index is 11.3. The second-order valence-electron chi connectivity index (χ2n) is 4.76. The lowest BCUT2D eigenvalue weighted by Gasteiger charge is -2.07. The molecule has 7 heteroatoms. The van der Waals surface area contributed by atoms with Crippen molar-refractivity contribution in [1.29, 1.82) is 0 Å². The third-order valence-corrected chi connectivity index (χ3v) is 3.55. The number of carboxylic acids is 2. The van der Waals surface area contributed by atoms with Crippen LogP contribution in [0, 0.1) is 0 Å². The topological polar surface area (TPSA) is 104 Å². The molecular formula is C13H13N3O4. The zero-order valence-electron chi connectivity index (χ0n) is 10.5. The van der Waals surface area contributed by atoms with Crippen LogP contribution in [0.3, 0.4) is 0 Å². The van der Waals surface area contributed by atoms with Crippen molar-refractivity contribution in [1.82, 2.24) is 14.7 Å². The molecule has 3 rings (SSSR count). The number of aromatic carboxylic acids is 2. The fourth-order valence-corrected chi connectivity index (χ4v) is 2.65. The first-order valence-electron chi connectivity index (χ1n) is 6.28. The second-order valence-corrected chi connectivity index (χ2v) is 4.76. The molecule has 0 amide bonds. The first-order chi connectivity index (χ1) is 9.59. The van der Waals surface area contributed by atoms with E-state index in [1.54, 1.807) is 16.7 Å². The molecule has 1 aliphatic heterocycles. The Morgan fingerprint density at radius 2 is 2.15 bits per heavy atom. The van der Waals surface area contributed by atoms with Gasteiger partial charge in [-0.2, -0.15) is 0 Å². The summed E-state index contributed by atoms with van der Waals surface area (Å²) in [7, 11) is 0. The van der Waals surface area contributed by atoms with Gasteiger partial charge in [0.05, 0.1) is 11.1 Å². The number of hydrogen-bond donors (Lipinski definition) is 3. The molecule has 7 nitrogen and oxygen atoms in total. The molecule has 0 aliphatic carbocycles. The number of aromatic nitrogens is 2. The highest BCUT2D eigenvalue weighted by Crippen LogP contribution is 2.26. The van der Waals surface area contributed by atoms with E-state index in [0.717, 1.165) is 19.5 Å². The average Bonchev–Trinajstić information content (AvgIpc) is 3.04. The van der Waals surface area contributed by atoms with Gasteiger partial charge >= 0.3 is 11.9 Å². The predicted octanol–water partition coefficient (Wildman–Crippen LogP) is 0.808. The van der Waals surface area contributed by atoms with Crippen LogP contribution >= 0.6 is 0 Å². The van der Waals surface area contributed by atoms with E-state index in [9.17, 15) is 19.8 Å². The molecule has 0 saturated carbocycles. The van der Waals surface area contributed by atoms with Gasteiger partial charge in [0.2, 0.25) is 0 Å². The lowest BCUT2D eigenvalue weighted by atomic mass is 10.1. The first kappa shape index (κ1) is 12.6. The highest BCUT2D eigenvalue weighted by Gasteiger charge is 2.27. The Morgan fingerprint density at radius 3 is 2.75 bits per heavy atom. The van der Waals surface area contributed by atoms with Gasteiger partial charge in [-0.15, -0.1) is 0 Å². The number of pyridine rings is 1. The molecule has 0 radical (unpaired) electrons. The third kappa shape index (κ3) is 1.83. The van der Waals surface area contributed by atoms with E-state index in [1.807, 2.05) is 0 Å². The van der Waals surface area contributed by atoms with E-state index in [2.05, 4.69) is 10.3 Å². The Morgan fingerprint density at radius 1 is 1.35 bits per heavy atom. The van der Waals surface area contributed by atoms with Crippen molar-refractivity contribution in [2.75, 3.05) is 13.1 Å². The van der Waals surface area contributed by atoms with Crippen LogP contribution < -0.4 is 5.32 Å². The molecule has 0 aromatic carbocycles. The molecule has 1 saturated heterocycles. The van der Waals surface area contributed by atoms with Crippen molar-refractivity contribution in [3.05, 3.63) is 35.4 Å². The summed E-state index contributed by atoms with van der Waals surface area (Å²) in [5, 5.41) is 21.7. The molecular weight excluding hydrogens is 262 g/mol. The summed E-state index contributed by atoms with van der Waals surface area (Å²) in [5.74, 6) is -1.67. The summed E-state index contributed by atoms with van der Waals surface area (Å²) in [5.41, 5.74) is -0.103. The lowest BCUT2D eigenvalue weighted by Crippen LogP contribution is -2.10. The van der Waals surface area contributed by atoms with Crippen molar-refractivity contribution in [2.24, 2.45) is 0 Å². The molecule has 3 heterocycles. The van der Waals surface area contributed by atoms with Gasteiger partial charge in [0, 0.05) is 18.7 Å². The second kappa shape index (κ2) is 4.61. The smallest absolute Gasteiger partial charge is 0.356 e. The Hall–Kier alpha value is -2.41. The van der Waals surface area contributed by atoms with E-state index in [4.69, 9.17) is 0 Å². The van der Waals surface area contributed by atoms with E-state index >= 15 is 0 Å². The van der Waals surface area contributed by atoms with Crippen LogP contribution in [0.25, 0.3) is 5.52 Å². The minimum absolute atomic E-state index is 0.0467. The number of hydrogen-bond acceptors (Lipinski definition) is 4. The minimum atomic E-state index is -1.21. The van der Waals surface area contributed by atoms with Gasteiger partial charge in [-0.05, 0) is 25.1 Å². The van der Waals surface area contributed by atoms with Crippen LogP contribution in [0.1, 0.15) is 39.0 Å². The summed E-state index contributed by atoms with van der Waals surface area (Å²) in [4.78, 5) is 26.8. The van der Waals surface area contributed by atoms with Crippen LogP contribution in [0.4, 0.5) is 0 Å². The number of imidazole rings is 1. The van der Waals surface area contributed by atoms with Gasteiger partial charge in [0.15, 0.2) is 5.69 Å². The standard InChI is InChI=1S/C13H13N3O4/c17-12(18)8-2-1-5-16-10(8)9(13(19)20)15-11(16)7-3-4-14-6-7/h1-2,5,7,14H,3-4,6H2,(H,17,18)(H,19,20). The molecule has 1 atom stereocenters. The molecule has 1 aliphatic rings. The van der Waals surface area contributed by atoms with Crippen LogP contribution in [0.5, 0.6) is 0 Å². The fourth-order valence-electron chi connectivity index (χ4n) is 2.65. The van der Waals surface area contributed by atoms with Crippen molar-refractivity contribution in [3.8, 4) is 0 Å². The quantitative estimate of drug-likeness (QED) is 0.765. The Kier molecular flexibility index (Phi) is 2.90. The van der Waals surface area contributed by atoms with Crippen LogP contribution in [0.15, 0.2) is 18.3 Å². The van der Waals surface area contributed by atoms with Gasteiger partial charge < -0.3 is 19.9 Å². The molecule has 2 aromatic rings. The third-order valence-electron chi connectivity index (χ3n) is 3.55. The van der Waals surface area contributed by atoms with Gasteiger partial charge in [-0.3, -0.25) is 0 Å². The van der Waals surface area contributed by atoms with Gasteiger partial charge in [-0.1, -0.05) is 0 Å². The first-order valence-corrected chi connectivity index (χ1v) is 6.28. The molecule has 1 unspecified atom stereocenters. The number of nitrogens with one attached hydrogen (secondary N) is 1. The number of carboxylic acid groups (broad SMARTS) is 2. The van der Waals surface area contributed by atoms with Crippen LogP contribution in [-0.2, 0) is 0 Å². The molecule has 3 N–H and O–H groups in total. The summed E-state index contributed by atoms with van der Waals surface area (Å²) in [6, 6.07) is 2.98. The monoisotopic (exact) mass is 275 g/mol. The largest absolute Gasteiger partial charge is 0.478 e. The van der Waals surface area contributed by atoms with Gasteiger partial charge in [0.25, 0.3) is 0 Å². The maximum atomic E-state index is 11.3. The maximum Gasteiger partial charge on any atom is 0.356 e. The van der Waals surface area contributed by atoms with E-state index < -0.39 is 11.9 Å². The predicted molar refractivity (Wildman–Crippen MR) is 69.3 cm³/mol. The molecule has 1 fully saturated rings. The number of nitrogens with zero attached hydrogens (tertiary/aromatic N) is 2. The van der Waals surface area contributed by atoms with E-state index in [1.165, 1.54) is 6.07 Å².